The summed E-state index contributed by atoms with van der Waals surface area (Å²) >= 11 is 1.88. The van der Waals surface area contributed by atoms with E-state index in [0.717, 1.165) is 60.8 Å². The first kappa shape index (κ1) is 26.3. The van der Waals surface area contributed by atoms with Crippen LogP contribution in [0.3, 0.4) is 0 Å². The van der Waals surface area contributed by atoms with Crippen LogP contribution in [0.5, 0.6) is 0 Å². The van der Waals surface area contributed by atoms with Crippen molar-refractivity contribution in [1.29, 1.82) is 0 Å². The number of benzene rings is 6. The molecule has 6 aromatic carbocycles. The van der Waals surface area contributed by atoms with Gasteiger partial charge in [-0.15, -0.1) is 11.3 Å². The summed E-state index contributed by atoms with van der Waals surface area (Å²) in [7, 11) is 0. The Morgan fingerprint density at radius 3 is 2.15 bits per heavy atom. The zero-order valence-electron chi connectivity index (χ0n) is 25.2. The summed E-state index contributed by atoms with van der Waals surface area (Å²) in [5.74, 6) is 0. The first-order valence-corrected chi connectivity index (χ1v) is 16.6. The van der Waals surface area contributed by atoms with Gasteiger partial charge in [0.1, 0.15) is 0 Å². The van der Waals surface area contributed by atoms with Gasteiger partial charge in [0.15, 0.2) is 0 Å². The maximum Gasteiger partial charge on any atom is 0.0970 e. The van der Waals surface area contributed by atoms with Crippen molar-refractivity contribution in [3.05, 3.63) is 152 Å². The minimum absolute atomic E-state index is 0.931. The fourth-order valence-electron chi connectivity index (χ4n) is 7.13. The van der Waals surface area contributed by atoms with Crippen LogP contribution >= 0.6 is 11.3 Å². The van der Waals surface area contributed by atoms with Crippen molar-refractivity contribution in [2.75, 3.05) is 0 Å². The van der Waals surface area contributed by atoms with E-state index in [2.05, 4.69) is 138 Å². The Kier molecular flexibility index (Phi) is 5.74. The summed E-state index contributed by atoms with van der Waals surface area (Å²) in [5, 5.41) is 8.49. The Balaban J connectivity index is 1.10. The lowest BCUT2D eigenvalue weighted by atomic mass is 9.95. The Hall–Kier alpha value is -5.97. The summed E-state index contributed by atoms with van der Waals surface area (Å²) in [4.78, 5) is 14.6. The van der Waals surface area contributed by atoms with Crippen molar-refractivity contribution in [2.24, 2.45) is 0 Å². The van der Waals surface area contributed by atoms with Gasteiger partial charge in [0, 0.05) is 65.1 Å². The van der Waals surface area contributed by atoms with Crippen molar-refractivity contribution < 1.29 is 0 Å². The van der Waals surface area contributed by atoms with Crippen LogP contribution in [-0.2, 0) is 0 Å². The summed E-state index contributed by atoms with van der Waals surface area (Å²) < 4.78 is 2.63. The van der Waals surface area contributed by atoms with Gasteiger partial charge in [-0.25, -0.2) is 4.98 Å². The monoisotopic (exact) mass is 615 g/mol. The molecule has 0 saturated heterocycles. The van der Waals surface area contributed by atoms with Gasteiger partial charge in [-0.1, -0.05) is 109 Å². The molecule has 10 aromatic rings. The topological polar surface area (TPSA) is 38.7 Å². The molecule has 4 heteroatoms. The average Bonchev–Trinajstić information content (AvgIpc) is 3.53. The summed E-state index contributed by atoms with van der Waals surface area (Å²) in [6, 6.07) is 49.9. The lowest BCUT2D eigenvalue weighted by Crippen LogP contribution is -1.91. The normalized spacial score (nSPS) is 11.8. The lowest BCUT2D eigenvalue weighted by molar-refractivity contribution is 1.37. The molecule has 0 radical (unpaired) electrons. The van der Waals surface area contributed by atoms with E-state index < -0.39 is 0 Å². The smallest absolute Gasteiger partial charge is 0.0970 e. The summed E-state index contributed by atoms with van der Waals surface area (Å²) in [5.41, 5.74) is 9.64. The molecule has 0 aliphatic carbocycles. The highest BCUT2D eigenvalue weighted by Crippen LogP contribution is 2.43. The van der Waals surface area contributed by atoms with E-state index in [-0.39, 0.29) is 0 Å². The Bertz CT molecular complexity index is 2850. The maximum absolute atomic E-state index is 5.27. The number of fused-ring (bicyclic) bond motifs is 10. The van der Waals surface area contributed by atoms with Crippen LogP contribution in [0.4, 0.5) is 0 Å². The molecule has 0 aliphatic heterocycles. The van der Waals surface area contributed by atoms with Crippen molar-refractivity contribution in [3.63, 3.8) is 0 Å². The van der Waals surface area contributed by atoms with Crippen molar-refractivity contribution in [2.45, 2.75) is 0 Å². The van der Waals surface area contributed by atoms with E-state index in [1.807, 2.05) is 29.8 Å². The number of hydrogen-bond acceptors (Lipinski definition) is 4. The molecule has 4 heterocycles. The quantitative estimate of drug-likeness (QED) is 0.186. The molecular formula is C43H25N3S. The number of hydrogen-bond donors (Lipinski definition) is 0. The molecule has 0 spiro atoms. The molecule has 0 unspecified atom stereocenters. The van der Waals surface area contributed by atoms with Gasteiger partial charge in [-0.3, -0.25) is 9.97 Å². The Morgan fingerprint density at radius 1 is 0.447 bits per heavy atom. The fourth-order valence-corrected chi connectivity index (χ4v) is 8.40. The number of thiophene rings is 1. The second-order valence-electron chi connectivity index (χ2n) is 12.0. The zero-order chi connectivity index (χ0) is 30.9. The van der Waals surface area contributed by atoms with Crippen molar-refractivity contribution in [1.82, 2.24) is 15.0 Å². The molecular weight excluding hydrogens is 591 g/mol. The number of pyridine rings is 3. The molecule has 0 amide bonds. The molecule has 0 atom stereocenters. The van der Waals surface area contributed by atoms with Gasteiger partial charge in [-0.05, 0) is 52.6 Å². The molecule has 4 aromatic heterocycles. The van der Waals surface area contributed by atoms with E-state index in [0.29, 0.717) is 0 Å². The molecule has 3 nitrogen and oxygen atoms in total. The largest absolute Gasteiger partial charge is 0.254 e. The van der Waals surface area contributed by atoms with Gasteiger partial charge in [-0.2, -0.15) is 0 Å². The van der Waals surface area contributed by atoms with Gasteiger partial charge < -0.3 is 0 Å². The molecule has 0 N–H and O–H groups in total. The van der Waals surface area contributed by atoms with Crippen molar-refractivity contribution >= 4 is 75.0 Å². The van der Waals surface area contributed by atoms with E-state index in [9.17, 15) is 0 Å². The Labute approximate surface area is 274 Å². The van der Waals surface area contributed by atoms with Gasteiger partial charge in [0.25, 0.3) is 0 Å². The van der Waals surface area contributed by atoms with E-state index in [1.165, 1.54) is 36.3 Å². The van der Waals surface area contributed by atoms with Gasteiger partial charge in [0.05, 0.1) is 22.2 Å². The van der Waals surface area contributed by atoms with Crippen molar-refractivity contribution in [3.8, 4) is 33.5 Å². The van der Waals surface area contributed by atoms with Gasteiger partial charge in [0.2, 0.25) is 0 Å². The van der Waals surface area contributed by atoms with Gasteiger partial charge >= 0.3 is 0 Å². The first-order chi connectivity index (χ1) is 23.3. The van der Waals surface area contributed by atoms with Crippen LogP contribution in [0.25, 0.3) is 97.2 Å². The van der Waals surface area contributed by atoms with Crippen LogP contribution < -0.4 is 0 Å². The van der Waals surface area contributed by atoms with Crippen LogP contribution in [0, 0.1) is 0 Å². The number of para-hydroxylation sites is 1. The number of nitrogens with zero attached hydrogens (tertiary/aromatic N) is 3. The predicted octanol–water partition coefficient (Wildman–Crippen LogP) is 11.9. The fraction of sp³-hybridized carbons (Fsp3) is 0. The third-order valence-corrected chi connectivity index (χ3v) is 10.6. The molecule has 0 bridgehead atoms. The van der Waals surface area contributed by atoms with Crippen LogP contribution in [-0.4, -0.2) is 15.0 Å². The predicted molar refractivity (Wildman–Crippen MR) is 199 cm³/mol. The molecule has 10 rings (SSSR count). The standard InChI is InChI=1S/C43H25N3S/c1-3-12-37-35(11-1)39-36(21-20-34-32-10-2-4-13-38(32)47-43(34)39)40(46-37)30-8-5-7-29(25-30)26-14-16-27(17-15-26)31-22-24-45-42-33(31)19-18-28-9-6-23-44-41(28)42/h1-25H. The van der Waals surface area contributed by atoms with E-state index >= 15 is 0 Å². The highest BCUT2D eigenvalue weighted by atomic mass is 32.1. The van der Waals surface area contributed by atoms with Crippen LogP contribution in [0.1, 0.15) is 0 Å². The minimum atomic E-state index is 0.931. The molecule has 47 heavy (non-hydrogen) atoms. The number of aromatic nitrogens is 3. The highest BCUT2D eigenvalue weighted by molar-refractivity contribution is 7.26. The van der Waals surface area contributed by atoms with E-state index in [1.54, 1.807) is 0 Å². The minimum Gasteiger partial charge on any atom is -0.254 e. The van der Waals surface area contributed by atoms with Crippen LogP contribution in [0.15, 0.2) is 152 Å². The second kappa shape index (κ2) is 10.3. The summed E-state index contributed by atoms with van der Waals surface area (Å²) in [6.45, 7) is 0. The third kappa shape index (κ3) is 4.09. The number of rotatable bonds is 3. The van der Waals surface area contributed by atoms with Crippen LogP contribution in [0.2, 0.25) is 0 Å². The second-order valence-corrected chi connectivity index (χ2v) is 13.0. The SMILES string of the molecule is c1cc(-c2ccc(-c3ccnc4c3ccc3cccnc34)cc2)cc(-c2nc3ccccc3c3c2ccc2c4ccccc4sc23)c1. The molecule has 0 saturated carbocycles. The molecule has 218 valence electrons. The zero-order valence-corrected chi connectivity index (χ0v) is 26.0. The third-order valence-electron chi connectivity index (χ3n) is 9.36. The first-order valence-electron chi connectivity index (χ1n) is 15.8. The average molecular weight is 616 g/mol. The highest BCUT2D eigenvalue weighted by Gasteiger charge is 2.16. The molecule has 0 fully saturated rings. The van der Waals surface area contributed by atoms with E-state index in [4.69, 9.17) is 9.97 Å². The summed E-state index contributed by atoms with van der Waals surface area (Å²) in [6.07, 6.45) is 3.72. The Morgan fingerprint density at radius 2 is 1.21 bits per heavy atom. The maximum atomic E-state index is 5.27. The lowest BCUT2D eigenvalue weighted by Gasteiger charge is -2.13. The molecule has 0 aliphatic rings.